The van der Waals surface area contributed by atoms with Crippen molar-refractivity contribution in [3.05, 3.63) is 11.6 Å². The third-order valence-electron chi connectivity index (χ3n) is 4.84. The zero-order valence-corrected chi connectivity index (χ0v) is 14.3. The van der Waals surface area contributed by atoms with Gasteiger partial charge in [0.25, 0.3) is 5.91 Å². The lowest BCUT2D eigenvalue weighted by molar-refractivity contribution is -0.893. The Morgan fingerprint density at radius 3 is 2.43 bits per heavy atom. The SMILES string of the molecule is O=C(C[NH+]1CCCCCCC1)NC(=O)NCCC1=CCCCC1. The molecular formula is C18H32N3O2+. The van der Waals surface area contributed by atoms with Gasteiger partial charge in [0.2, 0.25) is 0 Å². The molecule has 1 fully saturated rings. The average molecular weight is 322 g/mol. The number of hydrogen-bond acceptors (Lipinski definition) is 2. The lowest BCUT2D eigenvalue weighted by Gasteiger charge is -2.21. The van der Waals surface area contributed by atoms with E-state index in [4.69, 9.17) is 0 Å². The van der Waals surface area contributed by atoms with Crippen LogP contribution >= 0.6 is 0 Å². The zero-order chi connectivity index (χ0) is 16.3. The second-order valence-electron chi connectivity index (χ2n) is 6.86. The van der Waals surface area contributed by atoms with Gasteiger partial charge in [-0.2, -0.15) is 0 Å². The summed E-state index contributed by atoms with van der Waals surface area (Å²) in [6, 6.07) is -0.349. The highest BCUT2D eigenvalue weighted by atomic mass is 16.2. The van der Waals surface area contributed by atoms with Crippen LogP contribution in [0.5, 0.6) is 0 Å². The van der Waals surface area contributed by atoms with Crippen LogP contribution in [0.1, 0.15) is 64.2 Å². The van der Waals surface area contributed by atoms with Gasteiger partial charge in [0.15, 0.2) is 6.54 Å². The summed E-state index contributed by atoms with van der Waals surface area (Å²) >= 11 is 0. The number of urea groups is 1. The fourth-order valence-electron chi connectivity index (χ4n) is 3.49. The van der Waals surface area contributed by atoms with Gasteiger partial charge in [-0.15, -0.1) is 0 Å². The number of hydrogen-bond donors (Lipinski definition) is 3. The van der Waals surface area contributed by atoms with E-state index in [1.165, 1.54) is 61.8 Å². The molecular weight excluding hydrogens is 290 g/mol. The molecule has 0 saturated carbocycles. The first-order chi connectivity index (χ1) is 11.2. The number of likely N-dealkylation sites (tertiary alicyclic amines) is 1. The molecule has 23 heavy (non-hydrogen) atoms. The summed E-state index contributed by atoms with van der Waals surface area (Å²) in [6.45, 7) is 3.12. The zero-order valence-electron chi connectivity index (χ0n) is 14.3. The molecule has 0 spiro atoms. The molecule has 0 aromatic rings. The second-order valence-corrected chi connectivity index (χ2v) is 6.86. The summed E-state index contributed by atoms with van der Waals surface area (Å²) in [5.41, 5.74) is 1.44. The minimum Gasteiger partial charge on any atom is -0.337 e. The highest BCUT2D eigenvalue weighted by Gasteiger charge is 2.17. The van der Waals surface area contributed by atoms with Crippen LogP contribution in [0.4, 0.5) is 4.79 Å². The molecule has 0 radical (unpaired) electrons. The average Bonchev–Trinajstić information content (AvgIpc) is 2.51. The van der Waals surface area contributed by atoms with Gasteiger partial charge in [0.1, 0.15) is 0 Å². The number of allylic oxidation sites excluding steroid dienone is 1. The largest absolute Gasteiger partial charge is 0.337 e. The maximum absolute atomic E-state index is 12.0. The van der Waals surface area contributed by atoms with Crippen molar-refractivity contribution in [3.63, 3.8) is 0 Å². The van der Waals surface area contributed by atoms with Crippen LogP contribution < -0.4 is 15.5 Å². The Labute approximate surface area is 139 Å². The molecule has 0 bridgehead atoms. The Balaban J connectivity index is 1.59. The standard InChI is InChI=1S/C18H31N3O2/c22-17(15-21-13-7-2-1-3-8-14-21)20-18(23)19-12-11-16-9-5-4-6-10-16/h9H,1-8,10-15H2,(H2,19,20,22,23)/p+1. The fourth-order valence-corrected chi connectivity index (χ4v) is 3.49. The molecule has 2 rings (SSSR count). The number of rotatable bonds is 5. The Kier molecular flexibility index (Phi) is 8.15. The van der Waals surface area contributed by atoms with Crippen LogP contribution in [-0.4, -0.2) is 38.1 Å². The van der Waals surface area contributed by atoms with E-state index < -0.39 is 0 Å². The van der Waals surface area contributed by atoms with Crippen molar-refractivity contribution in [1.82, 2.24) is 10.6 Å². The third kappa shape index (κ3) is 7.64. The lowest BCUT2D eigenvalue weighted by Crippen LogP contribution is -3.13. The van der Waals surface area contributed by atoms with E-state index in [-0.39, 0.29) is 11.9 Å². The highest BCUT2D eigenvalue weighted by molar-refractivity contribution is 5.94. The molecule has 0 aromatic heterocycles. The van der Waals surface area contributed by atoms with Crippen molar-refractivity contribution in [3.8, 4) is 0 Å². The van der Waals surface area contributed by atoms with Crippen LogP contribution in [0.25, 0.3) is 0 Å². The summed E-state index contributed by atoms with van der Waals surface area (Å²) in [7, 11) is 0. The van der Waals surface area contributed by atoms with E-state index in [2.05, 4.69) is 16.7 Å². The molecule has 5 nitrogen and oxygen atoms in total. The van der Waals surface area contributed by atoms with Crippen molar-refractivity contribution in [2.75, 3.05) is 26.2 Å². The van der Waals surface area contributed by atoms with E-state index in [1.54, 1.807) is 0 Å². The molecule has 3 amide bonds. The van der Waals surface area contributed by atoms with Crippen molar-refractivity contribution < 1.29 is 14.5 Å². The van der Waals surface area contributed by atoms with Gasteiger partial charge >= 0.3 is 6.03 Å². The lowest BCUT2D eigenvalue weighted by atomic mass is 9.97. The predicted octanol–water partition coefficient (Wildman–Crippen LogP) is 1.55. The van der Waals surface area contributed by atoms with E-state index in [0.717, 1.165) is 25.9 Å². The molecule has 130 valence electrons. The number of nitrogens with one attached hydrogen (secondary N) is 3. The van der Waals surface area contributed by atoms with Gasteiger partial charge in [-0.1, -0.05) is 18.1 Å². The van der Waals surface area contributed by atoms with Crippen LogP contribution in [0.15, 0.2) is 11.6 Å². The first-order valence-electron chi connectivity index (χ1n) is 9.33. The van der Waals surface area contributed by atoms with E-state index >= 15 is 0 Å². The minimum atomic E-state index is -0.349. The first kappa shape index (κ1) is 18.0. The molecule has 2 aliphatic rings. The fraction of sp³-hybridized carbons (Fsp3) is 0.778. The van der Waals surface area contributed by atoms with Crippen molar-refractivity contribution in [2.24, 2.45) is 0 Å². The number of carbonyl (C=O) groups is 2. The molecule has 1 saturated heterocycles. The second kappa shape index (κ2) is 10.4. The molecule has 1 aliphatic heterocycles. The number of amides is 3. The maximum atomic E-state index is 12.0. The Morgan fingerprint density at radius 2 is 1.74 bits per heavy atom. The molecule has 1 heterocycles. The number of quaternary nitrogens is 1. The maximum Gasteiger partial charge on any atom is 0.321 e. The molecule has 0 aromatic carbocycles. The normalized spacial score (nSPS) is 20.1. The Hall–Kier alpha value is -1.36. The smallest absolute Gasteiger partial charge is 0.321 e. The van der Waals surface area contributed by atoms with Crippen molar-refractivity contribution in [1.29, 1.82) is 0 Å². The van der Waals surface area contributed by atoms with E-state index in [0.29, 0.717) is 13.1 Å². The molecule has 0 atom stereocenters. The Bertz CT molecular complexity index is 412. The van der Waals surface area contributed by atoms with Crippen LogP contribution in [-0.2, 0) is 4.79 Å². The summed E-state index contributed by atoms with van der Waals surface area (Å²) in [6.07, 6.45) is 14.3. The molecule has 5 heteroatoms. The van der Waals surface area contributed by atoms with Crippen molar-refractivity contribution in [2.45, 2.75) is 64.2 Å². The van der Waals surface area contributed by atoms with Gasteiger partial charge in [-0.3, -0.25) is 10.1 Å². The predicted molar refractivity (Wildman–Crippen MR) is 91.4 cm³/mol. The number of imide groups is 1. The third-order valence-corrected chi connectivity index (χ3v) is 4.84. The summed E-state index contributed by atoms with van der Waals surface area (Å²) in [4.78, 5) is 25.1. The molecule has 1 aliphatic carbocycles. The quantitative estimate of drug-likeness (QED) is 0.673. The van der Waals surface area contributed by atoms with Gasteiger partial charge in [-0.05, 0) is 57.8 Å². The first-order valence-corrected chi connectivity index (χ1v) is 9.33. The van der Waals surface area contributed by atoms with Gasteiger partial charge in [0, 0.05) is 6.54 Å². The number of carbonyl (C=O) groups excluding carboxylic acids is 2. The van der Waals surface area contributed by atoms with E-state index in [1.807, 2.05) is 0 Å². The van der Waals surface area contributed by atoms with Crippen LogP contribution in [0.2, 0.25) is 0 Å². The molecule has 0 unspecified atom stereocenters. The Morgan fingerprint density at radius 1 is 1.00 bits per heavy atom. The summed E-state index contributed by atoms with van der Waals surface area (Å²) in [5.74, 6) is -0.157. The summed E-state index contributed by atoms with van der Waals surface area (Å²) < 4.78 is 0. The van der Waals surface area contributed by atoms with Crippen LogP contribution in [0.3, 0.4) is 0 Å². The molecule has 3 N–H and O–H groups in total. The minimum absolute atomic E-state index is 0.157. The monoisotopic (exact) mass is 322 g/mol. The topological polar surface area (TPSA) is 62.6 Å². The van der Waals surface area contributed by atoms with E-state index in [9.17, 15) is 9.59 Å². The van der Waals surface area contributed by atoms with Gasteiger partial charge in [-0.25, -0.2) is 4.79 Å². The van der Waals surface area contributed by atoms with Crippen LogP contribution in [0, 0.1) is 0 Å². The highest BCUT2D eigenvalue weighted by Crippen LogP contribution is 2.19. The van der Waals surface area contributed by atoms with Gasteiger partial charge < -0.3 is 10.2 Å². The van der Waals surface area contributed by atoms with Crippen molar-refractivity contribution >= 4 is 11.9 Å². The summed E-state index contributed by atoms with van der Waals surface area (Å²) in [5, 5.41) is 5.27. The van der Waals surface area contributed by atoms with Gasteiger partial charge in [0.05, 0.1) is 13.1 Å².